The summed E-state index contributed by atoms with van der Waals surface area (Å²) in [5.41, 5.74) is 8.51. The first-order chi connectivity index (χ1) is 10.4. The van der Waals surface area contributed by atoms with Crippen molar-refractivity contribution >= 4 is 0 Å². The fourth-order valence-electron chi connectivity index (χ4n) is 3.45. The van der Waals surface area contributed by atoms with E-state index >= 15 is 0 Å². The lowest BCUT2D eigenvalue weighted by atomic mass is 9.97. The van der Waals surface area contributed by atoms with Gasteiger partial charge in [-0.1, -0.05) is 60.7 Å². The summed E-state index contributed by atoms with van der Waals surface area (Å²) in [6.45, 7) is 3.13. The number of nitrogens with zero attached hydrogens (tertiary/aromatic N) is 1. The number of nitrogens with two attached hydrogens (primary N) is 1. The van der Waals surface area contributed by atoms with Gasteiger partial charge in [-0.15, -0.1) is 0 Å². The van der Waals surface area contributed by atoms with Gasteiger partial charge in [-0.25, -0.2) is 0 Å². The molecule has 2 nitrogen and oxygen atoms in total. The van der Waals surface area contributed by atoms with Crippen LogP contribution in [-0.2, 0) is 0 Å². The second kappa shape index (κ2) is 6.88. The van der Waals surface area contributed by atoms with Gasteiger partial charge in [-0.05, 0) is 43.0 Å². The zero-order valence-corrected chi connectivity index (χ0v) is 12.5. The summed E-state index contributed by atoms with van der Waals surface area (Å²) in [6.07, 6.45) is 2.42. The standard InChI is InChI=1S/C19H24N2/c20-13-11-16-12-14-21(15-16)19(17-7-3-1-4-8-17)18-9-5-2-6-10-18/h1-10,16,19H,11-15,20H2. The van der Waals surface area contributed by atoms with Crippen molar-refractivity contribution < 1.29 is 0 Å². The topological polar surface area (TPSA) is 29.3 Å². The SMILES string of the molecule is NCCC1CCN(C(c2ccccc2)c2ccccc2)C1. The van der Waals surface area contributed by atoms with Crippen LogP contribution in [0.2, 0.25) is 0 Å². The molecule has 1 saturated heterocycles. The molecule has 1 unspecified atom stereocenters. The summed E-state index contributed by atoms with van der Waals surface area (Å²) in [6, 6.07) is 22.1. The van der Waals surface area contributed by atoms with E-state index in [1.165, 1.54) is 24.1 Å². The second-order valence-corrected chi connectivity index (χ2v) is 5.95. The lowest BCUT2D eigenvalue weighted by Crippen LogP contribution is -2.27. The zero-order valence-electron chi connectivity index (χ0n) is 12.5. The van der Waals surface area contributed by atoms with Gasteiger partial charge in [0.2, 0.25) is 0 Å². The van der Waals surface area contributed by atoms with Crippen LogP contribution >= 0.6 is 0 Å². The van der Waals surface area contributed by atoms with Crippen LogP contribution in [0.4, 0.5) is 0 Å². The van der Waals surface area contributed by atoms with E-state index < -0.39 is 0 Å². The lowest BCUT2D eigenvalue weighted by molar-refractivity contribution is 0.268. The molecule has 2 aromatic carbocycles. The van der Waals surface area contributed by atoms with Crippen LogP contribution in [0.25, 0.3) is 0 Å². The molecule has 110 valence electrons. The molecule has 2 aromatic rings. The quantitative estimate of drug-likeness (QED) is 0.909. The zero-order chi connectivity index (χ0) is 14.5. The molecule has 21 heavy (non-hydrogen) atoms. The van der Waals surface area contributed by atoms with Crippen molar-refractivity contribution in [1.82, 2.24) is 4.90 Å². The maximum Gasteiger partial charge on any atom is 0.0601 e. The molecule has 0 aliphatic carbocycles. The van der Waals surface area contributed by atoms with Crippen molar-refractivity contribution in [2.24, 2.45) is 11.7 Å². The van der Waals surface area contributed by atoms with E-state index in [2.05, 4.69) is 65.6 Å². The number of benzene rings is 2. The van der Waals surface area contributed by atoms with E-state index in [4.69, 9.17) is 5.73 Å². The largest absolute Gasteiger partial charge is 0.330 e. The van der Waals surface area contributed by atoms with Crippen LogP contribution in [0.15, 0.2) is 60.7 Å². The molecule has 2 heteroatoms. The summed E-state index contributed by atoms with van der Waals surface area (Å²) in [5, 5.41) is 0. The molecule has 1 aliphatic rings. The molecule has 0 spiro atoms. The first-order valence-corrected chi connectivity index (χ1v) is 7.92. The Bertz CT molecular complexity index is 499. The summed E-state index contributed by atoms with van der Waals surface area (Å²) < 4.78 is 0. The molecule has 1 aliphatic heterocycles. The van der Waals surface area contributed by atoms with Crippen molar-refractivity contribution in [3.8, 4) is 0 Å². The van der Waals surface area contributed by atoms with E-state index in [0.29, 0.717) is 6.04 Å². The van der Waals surface area contributed by atoms with E-state index in [1.807, 2.05) is 0 Å². The molecule has 0 radical (unpaired) electrons. The van der Waals surface area contributed by atoms with Gasteiger partial charge in [-0.3, -0.25) is 4.90 Å². The smallest absolute Gasteiger partial charge is 0.0601 e. The van der Waals surface area contributed by atoms with Gasteiger partial charge in [0, 0.05) is 6.54 Å². The lowest BCUT2D eigenvalue weighted by Gasteiger charge is -2.29. The van der Waals surface area contributed by atoms with E-state index in [-0.39, 0.29) is 0 Å². The average molecular weight is 280 g/mol. The summed E-state index contributed by atoms with van der Waals surface area (Å²) >= 11 is 0. The predicted octanol–water partition coefficient (Wildman–Crippen LogP) is 3.45. The Hall–Kier alpha value is -1.64. The van der Waals surface area contributed by atoms with E-state index in [9.17, 15) is 0 Å². The highest BCUT2D eigenvalue weighted by Crippen LogP contribution is 2.33. The molecule has 0 bridgehead atoms. The van der Waals surface area contributed by atoms with E-state index in [1.54, 1.807) is 0 Å². The Labute approximate surface area is 127 Å². The summed E-state index contributed by atoms with van der Waals surface area (Å²) in [4.78, 5) is 2.62. The number of likely N-dealkylation sites (tertiary alicyclic amines) is 1. The minimum atomic E-state index is 0.371. The van der Waals surface area contributed by atoms with Crippen molar-refractivity contribution in [3.63, 3.8) is 0 Å². The molecule has 1 fully saturated rings. The Kier molecular flexibility index (Phi) is 4.69. The monoisotopic (exact) mass is 280 g/mol. The molecule has 3 rings (SSSR count). The number of hydrogen-bond acceptors (Lipinski definition) is 2. The fourth-order valence-corrected chi connectivity index (χ4v) is 3.45. The molecule has 0 amide bonds. The number of rotatable bonds is 5. The van der Waals surface area contributed by atoms with Crippen LogP contribution in [0.3, 0.4) is 0 Å². The summed E-state index contributed by atoms with van der Waals surface area (Å²) in [5.74, 6) is 0.755. The first-order valence-electron chi connectivity index (χ1n) is 7.92. The molecule has 1 atom stereocenters. The molecular formula is C19H24N2. The third kappa shape index (κ3) is 3.34. The Balaban J connectivity index is 1.87. The molecule has 0 saturated carbocycles. The van der Waals surface area contributed by atoms with Gasteiger partial charge in [0.1, 0.15) is 0 Å². The Morgan fingerprint density at radius 2 is 1.52 bits per heavy atom. The Morgan fingerprint density at radius 3 is 2.05 bits per heavy atom. The van der Waals surface area contributed by atoms with E-state index in [0.717, 1.165) is 25.4 Å². The summed E-state index contributed by atoms with van der Waals surface area (Å²) in [7, 11) is 0. The highest BCUT2D eigenvalue weighted by Gasteiger charge is 2.29. The highest BCUT2D eigenvalue weighted by molar-refractivity contribution is 5.32. The highest BCUT2D eigenvalue weighted by atomic mass is 15.2. The Morgan fingerprint density at radius 1 is 0.952 bits per heavy atom. The van der Waals surface area contributed by atoms with Gasteiger partial charge in [-0.2, -0.15) is 0 Å². The van der Waals surface area contributed by atoms with Gasteiger partial charge in [0.15, 0.2) is 0 Å². The van der Waals surface area contributed by atoms with Crippen LogP contribution in [0, 0.1) is 5.92 Å². The van der Waals surface area contributed by atoms with Crippen molar-refractivity contribution in [2.75, 3.05) is 19.6 Å². The van der Waals surface area contributed by atoms with Crippen LogP contribution < -0.4 is 5.73 Å². The van der Waals surface area contributed by atoms with Crippen molar-refractivity contribution in [1.29, 1.82) is 0 Å². The van der Waals surface area contributed by atoms with Crippen LogP contribution in [0.5, 0.6) is 0 Å². The predicted molar refractivity (Wildman–Crippen MR) is 88.1 cm³/mol. The second-order valence-electron chi connectivity index (χ2n) is 5.95. The molecule has 2 N–H and O–H groups in total. The molecule has 0 aromatic heterocycles. The van der Waals surface area contributed by atoms with Gasteiger partial charge >= 0.3 is 0 Å². The van der Waals surface area contributed by atoms with Crippen molar-refractivity contribution in [2.45, 2.75) is 18.9 Å². The fraction of sp³-hybridized carbons (Fsp3) is 0.368. The van der Waals surface area contributed by atoms with Gasteiger partial charge < -0.3 is 5.73 Å². The minimum Gasteiger partial charge on any atom is -0.330 e. The van der Waals surface area contributed by atoms with Crippen LogP contribution in [-0.4, -0.2) is 24.5 Å². The van der Waals surface area contributed by atoms with Crippen LogP contribution in [0.1, 0.15) is 30.0 Å². The average Bonchev–Trinajstić information content (AvgIpc) is 2.98. The maximum absolute atomic E-state index is 5.73. The number of hydrogen-bond donors (Lipinski definition) is 1. The maximum atomic E-state index is 5.73. The first kappa shape index (κ1) is 14.3. The van der Waals surface area contributed by atoms with Gasteiger partial charge in [0.05, 0.1) is 6.04 Å². The third-order valence-corrected chi connectivity index (χ3v) is 4.49. The normalized spacial score (nSPS) is 19.2. The molecule has 1 heterocycles. The molecular weight excluding hydrogens is 256 g/mol. The third-order valence-electron chi connectivity index (χ3n) is 4.49. The van der Waals surface area contributed by atoms with Crippen molar-refractivity contribution in [3.05, 3.63) is 71.8 Å². The minimum absolute atomic E-state index is 0.371. The van der Waals surface area contributed by atoms with Gasteiger partial charge in [0.25, 0.3) is 0 Å².